The van der Waals surface area contributed by atoms with Gasteiger partial charge in [-0.15, -0.1) is 11.3 Å². The highest BCUT2D eigenvalue weighted by molar-refractivity contribution is 7.98. The summed E-state index contributed by atoms with van der Waals surface area (Å²) >= 11 is 2.57. The second-order valence-corrected chi connectivity index (χ2v) is 7.97. The third-order valence-corrected chi connectivity index (χ3v) is 5.81. The molecule has 12 heteroatoms. The van der Waals surface area contributed by atoms with Gasteiger partial charge in [-0.25, -0.2) is 14.8 Å². The minimum atomic E-state index is -0.101. The molecule has 0 amide bonds. The molecule has 0 saturated carbocycles. The Kier molecular flexibility index (Phi) is 7.46. The summed E-state index contributed by atoms with van der Waals surface area (Å²) in [5.74, 6) is 0.924. The number of guanidine groups is 1. The number of aromatic nitrogens is 2. The zero-order valence-corrected chi connectivity index (χ0v) is 18.3. The molecule has 1 aromatic carbocycles. The van der Waals surface area contributed by atoms with Gasteiger partial charge in [0, 0.05) is 16.7 Å². The van der Waals surface area contributed by atoms with Gasteiger partial charge in [0.1, 0.15) is 29.3 Å². The second kappa shape index (κ2) is 10.5. The van der Waals surface area contributed by atoms with Gasteiger partial charge in [0.2, 0.25) is 10.8 Å². The van der Waals surface area contributed by atoms with Crippen molar-refractivity contribution in [1.82, 2.24) is 9.97 Å². The lowest BCUT2D eigenvalue weighted by Gasteiger charge is -2.13. The standard InChI is InChI=1S/C20H18N8O2S2/c1-25-16-15(11-2-4-13(5-3-11)30-7-6-29)14(8-21)18(27-17(16)22)31-9-12-10-32-20(26-12)28-19(23)24/h2-5,10,29H,6-7,9H2,(H2,22,27)(H4,23,24,26,28). The number of thiazole rings is 1. The highest BCUT2D eigenvalue weighted by atomic mass is 32.2. The van der Waals surface area contributed by atoms with E-state index >= 15 is 0 Å². The number of pyridine rings is 1. The molecule has 0 radical (unpaired) electrons. The Balaban J connectivity index is 1.96. The summed E-state index contributed by atoms with van der Waals surface area (Å²) in [4.78, 5) is 16.0. The number of hydrogen-bond donors (Lipinski definition) is 4. The van der Waals surface area contributed by atoms with Gasteiger partial charge in [-0.05, 0) is 17.7 Å². The van der Waals surface area contributed by atoms with Crippen molar-refractivity contribution in [2.75, 3.05) is 18.9 Å². The monoisotopic (exact) mass is 466 g/mol. The number of anilines is 1. The molecular formula is C20H18N8O2S2. The first-order valence-corrected chi connectivity index (χ1v) is 10.9. The summed E-state index contributed by atoms with van der Waals surface area (Å²) in [6, 6.07) is 9.02. The average molecular weight is 467 g/mol. The quantitative estimate of drug-likeness (QED) is 0.168. The topological polar surface area (TPSA) is 174 Å². The van der Waals surface area contributed by atoms with E-state index in [-0.39, 0.29) is 36.2 Å². The molecule has 0 unspecified atom stereocenters. The number of nitrogens with zero attached hydrogens (tertiary/aromatic N) is 5. The predicted molar refractivity (Wildman–Crippen MR) is 125 cm³/mol. The Bertz CT molecular complexity index is 1220. The van der Waals surface area contributed by atoms with Crippen LogP contribution in [0.3, 0.4) is 0 Å². The largest absolute Gasteiger partial charge is 0.491 e. The minimum Gasteiger partial charge on any atom is -0.491 e. The molecule has 10 nitrogen and oxygen atoms in total. The summed E-state index contributed by atoms with van der Waals surface area (Å²) in [5.41, 5.74) is 18.9. The van der Waals surface area contributed by atoms with Crippen LogP contribution in [0.2, 0.25) is 0 Å². The van der Waals surface area contributed by atoms with Crippen LogP contribution in [0.4, 0.5) is 16.6 Å². The van der Waals surface area contributed by atoms with E-state index in [1.807, 2.05) is 5.38 Å². The van der Waals surface area contributed by atoms with Crippen LogP contribution in [0.15, 0.2) is 39.7 Å². The first-order chi connectivity index (χ1) is 15.5. The van der Waals surface area contributed by atoms with Crippen LogP contribution in [0.25, 0.3) is 16.0 Å². The zero-order chi connectivity index (χ0) is 23.1. The van der Waals surface area contributed by atoms with E-state index in [4.69, 9.17) is 33.6 Å². The SMILES string of the molecule is [C-]#[N+]c1c(N)nc(SCc2csc(N=C(N)N)n2)c(C#N)c1-c1ccc(OCCO)cc1. The van der Waals surface area contributed by atoms with E-state index in [1.54, 1.807) is 24.3 Å². The number of aliphatic imine (C=N–C) groups is 1. The van der Waals surface area contributed by atoms with Gasteiger partial charge >= 0.3 is 0 Å². The molecule has 0 saturated heterocycles. The lowest BCUT2D eigenvalue weighted by atomic mass is 10.00. The molecule has 0 aliphatic heterocycles. The molecular weight excluding hydrogens is 448 g/mol. The normalized spacial score (nSPS) is 10.2. The van der Waals surface area contributed by atoms with E-state index in [0.717, 1.165) is 0 Å². The smallest absolute Gasteiger partial charge is 0.236 e. The molecule has 0 atom stereocenters. The van der Waals surface area contributed by atoms with Crippen LogP contribution in [-0.4, -0.2) is 34.2 Å². The number of nitrogens with two attached hydrogens (primary N) is 3. The van der Waals surface area contributed by atoms with Crippen molar-refractivity contribution < 1.29 is 9.84 Å². The van der Waals surface area contributed by atoms with E-state index < -0.39 is 0 Å². The van der Waals surface area contributed by atoms with Gasteiger partial charge in [-0.2, -0.15) is 10.3 Å². The van der Waals surface area contributed by atoms with Gasteiger partial charge in [0.15, 0.2) is 5.96 Å². The molecule has 2 heterocycles. The highest BCUT2D eigenvalue weighted by Crippen LogP contribution is 2.42. The summed E-state index contributed by atoms with van der Waals surface area (Å²) in [6.07, 6.45) is 0. The third kappa shape index (κ3) is 5.25. The van der Waals surface area contributed by atoms with Crippen LogP contribution >= 0.6 is 23.1 Å². The second-order valence-electron chi connectivity index (χ2n) is 6.17. The van der Waals surface area contributed by atoms with E-state index in [2.05, 4.69) is 25.9 Å². The van der Waals surface area contributed by atoms with Crippen molar-refractivity contribution in [2.45, 2.75) is 10.8 Å². The lowest BCUT2D eigenvalue weighted by Crippen LogP contribution is -2.21. The maximum atomic E-state index is 9.88. The summed E-state index contributed by atoms with van der Waals surface area (Å²) in [7, 11) is 0. The van der Waals surface area contributed by atoms with Gasteiger partial charge in [0.25, 0.3) is 0 Å². The molecule has 2 aromatic heterocycles. The Morgan fingerprint density at radius 1 is 1.31 bits per heavy atom. The van der Waals surface area contributed by atoms with E-state index in [1.165, 1.54) is 23.1 Å². The maximum absolute atomic E-state index is 9.88. The highest BCUT2D eigenvalue weighted by Gasteiger charge is 2.21. The molecule has 0 bridgehead atoms. The van der Waals surface area contributed by atoms with Crippen molar-refractivity contribution >= 4 is 45.7 Å². The number of aliphatic hydroxyl groups excluding tert-OH is 1. The average Bonchev–Trinajstić information content (AvgIpc) is 3.22. The van der Waals surface area contributed by atoms with Crippen LogP contribution in [-0.2, 0) is 5.75 Å². The van der Waals surface area contributed by atoms with Crippen LogP contribution in [0.1, 0.15) is 11.3 Å². The molecule has 32 heavy (non-hydrogen) atoms. The molecule has 3 aromatic rings. The summed E-state index contributed by atoms with van der Waals surface area (Å²) in [5, 5.41) is 21.4. The number of thioether (sulfide) groups is 1. The zero-order valence-electron chi connectivity index (χ0n) is 16.6. The summed E-state index contributed by atoms with van der Waals surface area (Å²) < 4.78 is 5.37. The third-order valence-electron chi connectivity index (χ3n) is 4.01. The van der Waals surface area contributed by atoms with Crippen LogP contribution in [0, 0.1) is 17.9 Å². The maximum Gasteiger partial charge on any atom is 0.236 e. The number of nitrogen functional groups attached to an aromatic ring is 1. The van der Waals surface area contributed by atoms with Gasteiger partial charge in [0.05, 0.1) is 24.4 Å². The van der Waals surface area contributed by atoms with Gasteiger partial charge in [-0.1, -0.05) is 23.9 Å². The van der Waals surface area contributed by atoms with Gasteiger partial charge < -0.3 is 27.0 Å². The summed E-state index contributed by atoms with van der Waals surface area (Å²) in [6.45, 7) is 7.61. The molecule has 0 aliphatic carbocycles. The molecule has 162 valence electrons. The fourth-order valence-corrected chi connectivity index (χ4v) is 4.42. The van der Waals surface area contributed by atoms with Crippen molar-refractivity contribution in [3.63, 3.8) is 0 Å². The Morgan fingerprint density at radius 3 is 2.69 bits per heavy atom. The van der Waals surface area contributed by atoms with E-state index in [9.17, 15) is 5.26 Å². The Labute approximate surface area is 192 Å². The lowest BCUT2D eigenvalue weighted by molar-refractivity contribution is 0.201. The molecule has 0 fully saturated rings. The predicted octanol–water partition coefficient (Wildman–Crippen LogP) is 2.78. The number of hydrogen-bond acceptors (Lipinski definition) is 9. The number of ether oxygens (including phenoxy) is 1. The number of aliphatic hydroxyl groups is 1. The van der Waals surface area contributed by atoms with Crippen LogP contribution < -0.4 is 21.9 Å². The number of benzene rings is 1. The minimum absolute atomic E-state index is 0.0385. The molecule has 0 aliphatic rings. The Hall–Kier alpha value is -3.84. The van der Waals surface area contributed by atoms with Gasteiger partial charge in [-0.3, -0.25) is 0 Å². The number of rotatable bonds is 8. The van der Waals surface area contributed by atoms with Crippen molar-refractivity contribution in [3.05, 3.63) is 52.3 Å². The van der Waals surface area contributed by atoms with Crippen molar-refractivity contribution in [2.24, 2.45) is 16.5 Å². The van der Waals surface area contributed by atoms with Crippen molar-refractivity contribution in [1.29, 1.82) is 5.26 Å². The fraction of sp³-hybridized carbons (Fsp3) is 0.150. The molecule has 3 rings (SSSR count). The molecule has 0 spiro atoms. The number of nitriles is 1. The molecule has 7 N–H and O–H groups in total. The fourth-order valence-electron chi connectivity index (χ4n) is 2.72. The first kappa shape index (κ1) is 22.8. The van der Waals surface area contributed by atoms with Crippen LogP contribution in [0.5, 0.6) is 5.75 Å². The Morgan fingerprint density at radius 2 is 2.06 bits per heavy atom. The van der Waals surface area contributed by atoms with E-state index in [0.29, 0.717) is 38.5 Å². The first-order valence-electron chi connectivity index (χ1n) is 9.08. The van der Waals surface area contributed by atoms with Crippen molar-refractivity contribution in [3.8, 4) is 22.9 Å².